The molecule has 0 spiro atoms. The molecule has 6 nitrogen and oxygen atoms in total. The van der Waals surface area contributed by atoms with Gasteiger partial charge in [0.1, 0.15) is 5.82 Å². The Morgan fingerprint density at radius 2 is 2.10 bits per heavy atom. The minimum Gasteiger partial charge on any atom is -0.362 e. The number of rotatable bonds is 6. The van der Waals surface area contributed by atoms with E-state index in [0.29, 0.717) is 12.5 Å². The molecule has 0 unspecified atom stereocenters. The molecule has 0 bridgehead atoms. The van der Waals surface area contributed by atoms with Crippen molar-refractivity contribution < 1.29 is 0 Å². The zero-order valence-electron chi connectivity index (χ0n) is 12.6. The predicted octanol–water partition coefficient (Wildman–Crippen LogP) is 2.07. The number of nitrogens with one attached hydrogen (secondary N) is 1. The fourth-order valence-corrected chi connectivity index (χ4v) is 2.00. The largest absolute Gasteiger partial charge is 0.362 e. The molecule has 0 atom stereocenters. The maximum atomic E-state index is 4.51. The SMILES string of the molecule is CCCn1cc(CNc2ncc(C)c(N(C)C)n2)cn1. The highest BCUT2D eigenvalue weighted by Gasteiger charge is 2.06. The molecule has 0 aliphatic heterocycles. The summed E-state index contributed by atoms with van der Waals surface area (Å²) in [7, 11) is 3.96. The van der Waals surface area contributed by atoms with Crippen molar-refractivity contribution >= 4 is 11.8 Å². The highest BCUT2D eigenvalue weighted by Crippen LogP contribution is 2.15. The minimum absolute atomic E-state index is 0.641. The number of hydrogen-bond donors (Lipinski definition) is 1. The van der Waals surface area contributed by atoms with Gasteiger partial charge in [0.2, 0.25) is 5.95 Å². The second-order valence-electron chi connectivity index (χ2n) is 5.06. The van der Waals surface area contributed by atoms with Gasteiger partial charge in [0.15, 0.2) is 0 Å². The molecular weight excluding hydrogens is 252 g/mol. The van der Waals surface area contributed by atoms with E-state index in [1.165, 1.54) is 0 Å². The Kier molecular flexibility index (Phi) is 4.55. The minimum atomic E-state index is 0.641. The number of anilines is 2. The molecule has 1 N–H and O–H groups in total. The zero-order chi connectivity index (χ0) is 14.5. The first kappa shape index (κ1) is 14.3. The summed E-state index contributed by atoms with van der Waals surface area (Å²) < 4.78 is 1.96. The van der Waals surface area contributed by atoms with Crippen molar-refractivity contribution in [2.75, 3.05) is 24.3 Å². The first-order valence-corrected chi connectivity index (χ1v) is 6.86. The molecule has 0 aromatic carbocycles. The molecule has 2 aromatic heterocycles. The van der Waals surface area contributed by atoms with Crippen LogP contribution < -0.4 is 10.2 Å². The van der Waals surface area contributed by atoms with E-state index in [1.807, 2.05) is 43.0 Å². The van der Waals surface area contributed by atoms with Crippen molar-refractivity contribution in [1.82, 2.24) is 19.7 Å². The quantitative estimate of drug-likeness (QED) is 0.874. The smallest absolute Gasteiger partial charge is 0.224 e. The summed E-state index contributed by atoms with van der Waals surface area (Å²) in [6.45, 7) is 5.78. The molecule has 0 aliphatic rings. The molecule has 0 aliphatic carbocycles. The van der Waals surface area contributed by atoms with E-state index >= 15 is 0 Å². The van der Waals surface area contributed by atoms with Crippen LogP contribution in [0.25, 0.3) is 0 Å². The first-order valence-electron chi connectivity index (χ1n) is 6.86. The molecule has 0 radical (unpaired) electrons. The molecule has 6 heteroatoms. The van der Waals surface area contributed by atoms with E-state index in [1.54, 1.807) is 0 Å². The zero-order valence-corrected chi connectivity index (χ0v) is 12.6. The summed E-state index contributed by atoms with van der Waals surface area (Å²) in [5.74, 6) is 1.58. The Morgan fingerprint density at radius 3 is 2.80 bits per heavy atom. The van der Waals surface area contributed by atoms with Gasteiger partial charge in [-0.2, -0.15) is 10.1 Å². The molecule has 20 heavy (non-hydrogen) atoms. The third kappa shape index (κ3) is 3.46. The van der Waals surface area contributed by atoms with E-state index in [9.17, 15) is 0 Å². The molecular formula is C14H22N6. The predicted molar refractivity (Wildman–Crippen MR) is 80.9 cm³/mol. The fourth-order valence-electron chi connectivity index (χ4n) is 2.00. The number of hydrogen-bond acceptors (Lipinski definition) is 5. The lowest BCUT2D eigenvalue weighted by atomic mass is 10.3. The lowest BCUT2D eigenvalue weighted by Crippen LogP contribution is -2.14. The summed E-state index contributed by atoms with van der Waals surface area (Å²) >= 11 is 0. The highest BCUT2D eigenvalue weighted by atomic mass is 15.3. The Bertz CT molecular complexity index is 561. The fraction of sp³-hybridized carbons (Fsp3) is 0.500. The van der Waals surface area contributed by atoms with E-state index in [0.717, 1.165) is 29.9 Å². The topological polar surface area (TPSA) is 58.9 Å². The molecule has 108 valence electrons. The lowest BCUT2D eigenvalue weighted by Gasteiger charge is -2.15. The third-order valence-corrected chi connectivity index (χ3v) is 2.96. The van der Waals surface area contributed by atoms with Crippen LogP contribution in [0, 0.1) is 6.92 Å². The molecule has 0 fully saturated rings. The van der Waals surface area contributed by atoms with Crippen LogP contribution in [0.4, 0.5) is 11.8 Å². The van der Waals surface area contributed by atoms with Crippen LogP contribution in [0.3, 0.4) is 0 Å². The van der Waals surface area contributed by atoms with Gasteiger partial charge in [0.25, 0.3) is 0 Å². The van der Waals surface area contributed by atoms with Crippen LogP contribution in [-0.2, 0) is 13.1 Å². The highest BCUT2D eigenvalue weighted by molar-refractivity contribution is 5.47. The van der Waals surface area contributed by atoms with Gasteiger partial charge in [0, 0.05) is 50.7 Å². The standard InChI is InChI=1S/C14H22N6/c1-5-6-20-10-12(9-17-20)8-16-14-15-7-11(2)13(18-14)19(3)4/h7,9-10H,5-6,8H2,1-4H3,(H,15,16,18). The summed E-state index contributed by atoms with van der Waals surface area (Å²) in [5, 5.41) is 7.54. The normalized spacial score (nSPS) is 10.6. The van der Waals surface area contributed by atoms with Crippen molar-refractivity contribution in [3.63, 3.8) is 0 Å². The van der Waals surface area contributed by atoms with Crippen molar-refractivity contribution in [2.24, 2.45) is 0 Å². The van der Waals surface area contributed by atoms with Gasteiger partial charge in [-0.15, -0.1) is 0 Å². The van der Waals surface area contributed by atoms with Gasteiger partial charge >= 0.3 is 0 Å². The van der Waals surface area contributed by atoms with Gasteiger partial charge in [0.05, 0.1) is 6.20 Å². The number of nitrogens with zero attached hydrogens (tertiary/aromatic N) is 5. The maximum Gasteiger partial charge on any atom is 0.224 e. The second kappa shape index (κ2) is 6.36. The van der Waals surface area contributed by atoms with Crippen molar-refractivity contribution in [1.29, 1.82) is 0 Å². The van der Waals surface area contributed by atoms with Crippen LogP contribution in [0.1, 0.15) is 24.5 Å². The molecule has 0 saturated heterocycles. The van der Waals surface area contributed by atoms with Crippen LogP contribution in [0.15, 0.2) is 18.6 Å². The average Bonchev–Trinajstić information content (AvgIpc) is 2.86. The van der Waals surface area contributed by atoms with E-state index < -0.39 is 0 Å². The molecule has 2 aromatic rings. The Hall–Kier alpha value is -2.11. The van der Waals surface area contributed by atoms with Crippen LogP contribution in [-0.4, -0.2) is 33.8 Å². The average molecular weight is 274 g/mol. The van der Waals surface area contributed by atoms with E-state index in [-0.39, 0.29) is 0 Å². The summed E-state index contributed by atoms with van der Waals surface area (Å²) in [6.07, 6.45) is 6.86. The first-order chi connectivity index (χ1) is 9.60. The van der Waals surface area contributed by atoms with Crippen LogP contribution in [0.5, 0.6) is 0 Å². The molecule has 0 amide bonds. The summed E-state index contributed by atoms with van der Waals surface area (Å²) in [4.78, 5) is 10.8. The molecule has 2 heterocycles. The number of aromatic nitrogens is 4. The van der Waals surface area contributed by atoms with E-state index in [4.69, 9.17) is 0 Å². The van der Waals surface area contributed by atoms with Crippen LogP contribution >= 0.6 is 0 Å². The summed E-state index contributed by atoms with van der Waals surface area (Å²) in [5.41, 5.74) is 2.20. The van der Waals surface area contributed by atoms with Crippen molar-refractivity contribution in [3.05, 3.63) is 29.7 Å². The maximum absolute atomic E-state index is 4.51. The lowest BCUT2D eigenvalue weighted by molar-refractivity contribution is 0.602. The molecule has 0 saturated carbocycles. The van der Waals surface area contributed by atoms with Gasteiger partial charge < -0.3 is 10.2 Å². The van der Waals surface area contributed by atoms with Crippen molar-refractivity contribution in [2.45, 2.75) is 33.4 Å². The van der Waals surface area contributed by atoms with Crippen molar-refractivity contribution in [3.8, 4) is 0 Å². The monoisotopic (exact) mass is 274 g/mol. The third-order valence-electron chi connectivity index (χ3n) is 2.96. The molecule has 2 rings (SSSR count). The Labute approximate surface area is 119 Å². The van der Waals surface area contributed by atoms with Gasteiger partial charge in [-0.05, 0) is 13.3 Å². The van der Waals surface area contributed by atoms with Gasteiger partial charge in [-0.25, -0.2) is 4.98 Å². The Balaban J connectivity index is 2.01. The summed E-state index contributed by atoms with van der Waals surface area (Å²) in [6, 6.07) is 0. The van der Waals surface area contributed by atoms with E-state index in [2.05, 4.69) is 33.5 Å². The van der Waals surface area contributed by atoms with Gasteiger partial charge in [-0.3, -0.25) is 4.68 Å². The Morgan fingerprint density at radius 1 is 1.30 bits per heavy atom. The number of aryl methyl sites for hydroxylation is 2. The second-order valence-corrected chi connectivity index (χ2v) is 5.06. The van der Waals surface area contributed by atoms with Crippen LogP contribution in [0.2, 0.25) is 0 Å². The van der Waals surface area contributed by atoms with Gasteiger partial charge in [-0.1, -0.05) is 6.92 Å².